The number of anilines is 1. The van der Waals surface area contributed by atoms with Crippen LogP contribution in [0.1, 0.15) is 58.0 Å². The van der Waals surface area contributed by atoms with Crippen LogP contribution in [0.4, 0.5) is 10.5 Å². The summed E-state index contributed by atoms with van der Waals surface area (Å²) in [5, 5.41) is 11.4. The zero-order valence-electron chi connectivity index (χ0n) is 17.8. The van der Waals surface area contributed by atoms with Gasteiger partial charge in [0.2, 0.25) is 11.8 Å². The van der Waals surface area contributed by atoms with Crippen LogP contribution in [0.5, 0.6) is 0 Å². The number of thioether (sulfide) groups is 1. The number of carbonyl (C=O) groups excluding carboxylic acids is 2. The number of nitrogens with zero attached hydrogens (tertiary/aromatic N) is 3. The number of ether oxygens (including phenoxy) is 1. The second-order valence-electron chi connectivity index (χ2n) is 8.09. The molecule has 2 heterocycles. The van der Waals surface area contributed by atoms with Crippen LogP contribution in [0, 0.1) is 0 Å². The number of rotatable bonds is 6. The Hall–Kier alpha value is -2.55. The van der Waals surface area contributed by atoms with Crippen LogP contribution in [0.15, 0.2) is 33.9 Å². The van der Waals surface area contributed by atoms with Crippen LogP contribution in [0.2, 0.25) is 0 Å². The fourth-order valence-electron chi connectivity index (χ4n) is 3.24. The van der Waals surface area contributed by atoms with E-state index >= 15 is 0 Å². The van der Waals surface area contributed by atoms with Crippen molar-refractivity contribution in [1.29, 1.82) is 0 Å². The van der Waals surface area contributed by atoms with Crippen LogP contribution in [-0.4, -0.2) is 45.0 Å². The van der Waals surface area contributed by atoms with E-state index in [4.69, 9.17) is 9.15 Å². The highest BCUT2D eigenvalue weighted by atomic mass is 32.2. The van der Waals surface area contributed by atoms with Crippen molar-refractivity contribution in [1.82, 2.24) is 15.1 Å². The maximum atomic E-state index is 12.4. The fourth-order valence-corrected chi connectivity index (χ4v) is 3.81. The van der Waals surface area contributed by atoms with E-state index in [1.807, 2.05) is 52.0 Å². The van der Waals surface area contributed by atoms with Gasteiger partial charge in [-0.2, -0.15) is 0 Å². The van der Waals surface area contributed by atoms with E-state index in [2.05, 4.69) is 15.5 Å². The lowest BCUT2D eigenvalue weighted by Crippen LogP contribution is -2.36. The van der Waals surface area contributed by atoms with Crippen molar-refractivity contribution in [2.24, 2.45) is 0 Å². The molecule has 1 aliphatic heterocycles. The second-order valence-corrected chi connectivity index (χ2v) is 9.01. The Bertz CT molecular complexity index is 893. The maximum Gasteiger partial charge on any atom is 0.410 e. The lowest BCUT2D eigenvalue weighted by Gasteiger charge is -2.27. The highest BCUT2D eigenvalue weighted by Crippen LogP contribution is 2.33. The van der Waals surface area contributed by atoms with Crippen LogP contribution < -0.4 is 5.32 Å². The molecule has 0 saturated carbocycles. The molecule has 8 nitrogen and oxygen atoms in total. The summed E-state index contributed by atoms with van der Waals surface area (Å²) in [7, 11) is 0. The molecule has 0 spiro atoms. The predicted octanol–water partition coefficient (Wildman–Crippen LogP) is 4.43. The van der Waals surface area contributed by atoms with Crippen LogP contribution in [0.3, 0.4) is 0 Å². The first kappa shape index (κ1) is 22.1. The van der Waals surface area contributed by atoms with Crippen LogP contribution in [-0.2, 0) is 16.0 Å². The van der Waals surface area contributed by atoms with E-state index in [-0.39, 0.29) is 23.8 Å². The lowest BCUT2D eigenvalue weighted by molar-refractivity contribution is -0.113. The zero-order chi connectivity index (χ0) is 21.7. The Morgan fingerprint density at radius 2 is 2.07 bits per heavy atom. The largest absolute Gasteiger partial charge is 0.444 e. The second kappa shape index (κ2) is 9.51. The van der Waals surface area contributed by atoms with Gasteiger partial charge in [-0.1, -0.05) is 36.9 Å². The van der Waals surface area contributed by atoms with Gasteiger partial charge in [0.1, 0.15) is 11.6 Å². The number of aryl methyl sites for hydroxylation is 1. The first-order valence-electron chi connectivity index (χ1n) is 10.1. The van der Waals surface area contributed by atoms with Gasteiger partial charge in [0.15, 0.2) is 0 Å². The molecule has 3 rings (SSSR count). The normalized spacial score (nSPS) is 16.5. The topological polar surface area (TPSA) is 97.6 Å². The molecule has 30 heavy (non-hydrogen) atoms. The van der Waals surface area contributed by atoms with Gasteiger partial charge in [-0.3, -0.25) is 9.69 Å². The van der Waals surface area contributed by atoms with Gasteiger partial charge in [0.25, 0.3) is 5.22 Å². The van der Waals surface area contributed by atoms with E-state index in [1.54, 1.807) is 4.90 Å². The van der Waals surface area contributed by atoms with E-state index in [9.17, 15) is 9.59 Å². The summed E-state index contributed by atoms with van der Waals surface area (Å²) in [6.45, 7) is 8.14. The molecule has 0 unspecified atom stereocenters. The van der Waals surface area contributed by atoms with Gasteiger partial charge in [0.05, 0.1) is 5.75 Å². The molecule has 1 aromatic carbocycles. The molecule has 162 valence electrons. The fraction of sp³-hybridized carbons (Fsp3) is 0.524. The number of hydrogen-bond acceptors (Lipinski definition) is 7. The van der Waals surface area contributed by atoms with Crippen molar-refractivity contribution < 1.29 is 18.7 Å². The van der Waals surface area contributed by atoms with Gasteiger partial charge in [-0.25, -0.2) is 4.79 Å². The third-order valence-corrected chi connectivity index (χ3v) is 5.41. The Balaban J connectivity index is 1.57. The van der Waals surface area contributed by atoms with E-state index in [0.717, 1.165) is 30.5 Å². The first-order chi connectivity index (χ1) is 14.3. The highest BCUT2D eigenvalue weighted by molar-refractivity contribution is 7.99. The molecular weight excluding hydrogens is 404 g/mol. The smallest absolute Gasteiger partial charge is 0.410 e. The molecule has 0 radical (unpaired) electrons. The minimum atomic E-state index is -0.566. The minimum Gasteiger partial charge on any atom is -0.444 e. The molecule has 1 aromatic heterocycles. The molecule has 0 bridgehead atoms. The summed E-state index contributed by atoms with van der Waals surface area (Å²) in [6.07, 6.45) is 2.03. The average molecular weight is 433 g/mol. The van der Waals surface area contributed by atoms with Crippen molar-refractivity contribution >= 4 is 29.4 Å². The Kier molecular flexibility index (Phi) is 7.02. The van der Waals surface area contributed by atoms with Gasteiger partial charge in [-0.05, 0) is 51.7 Å². The number of benzene rings is 1. The number of carbonyl (C=O) groups is 2. The van der Waals surface area contributed by atoms with Crippen LogP contribution in [0.25, 0.3) is 0 Å². The molecule has 1 saturated heterocycles. The Labute approximate surface area is 180 Å². The van der Waals surface area contributed by atoms with E-state index in [0.29, 0.717) is 17.7 Å². The number of amides is 2. The number of nitrogens with one attached hydrogen (secondary N) is 1. The number of para-hydroxylation sites is 1. The molecule has 2 amide bonds. The summed E-state index contributed by atoms with van der Waals surface area (Å²) in [5.41, 5.74) is 1.33. The molecule has 1 fully saturated rings. The average Bonchev–Trinajstić information content (AvgIpc) is 3.34. The van der Waals surface area contributed by atoms with Gasteiger partial charge in [-0.15, -0.1) is 10.2 Å². The molecule has 1 atom stereocenters. The van der Waals surface area contributed by atoms with Gasteiger partial charge < -0.3 is 14.5 Å². The molecule has 2 aromatic rings. The van der Waals surface area contributed by atoms with Gasteiger partial charge >= 0.3 is 6.09 Å². The lowest BCUT2D eigenvalue weighted by atomic mass is 10.1. The summed E-state index contributed by atoms with van der Waals surface area (Å²) in [5.74, 6) is 0.384. The van der Waals surface area contributed by atoms with Gasteiger partial charge in [0, 0.05) is 12.2 Å². The standard InChI is InChI=1S/C21H28N4O4S/c1-5-14-9-6-7-10-15(14)22-17(26)13-30-19-24-23-18(28-19)16-11-8-12-25(16)20(27)29-21(2,3)4/h6-7,9-10,16H,5,8,11-13H2,1-4H3,(H,22,26)/t16-/m1/s1. The number of aromatic nitrogens is 2. The van der Waals surface area contributed by atoms with Crippen molar-refractivity contribution in [2.45, 2.75) is 63.8 Å². The summed E-state index contributed by atoms with van der Waals surface area (Å²) in [4.78, 5) is 26.4. The van der Waals surface area contributed by atoms with Crippen molar-refractivity contribution in [3.63, 3.8) is 0 Å². The van der Waals surface area contributed by atoms with E-state index in [1.165, 1.54) is 11.8 Å². The van der Waals surface area contributed by atoms with Crippen molar-refractivity contribution in [3.05, 3.63) is 35.7 Å². The van der Waals surface area contributed by atoms with Crippen LogP contribution >= 0.6 is 11.8 Å². The Morgan fingerprint density at radius 1 is 1.30 bits per heavy atom. The Morgan fingerprint density at radius 3 is 2.80 bits per heavy atom. The van der Waals surface area contributed by atoms with Crippen molar-refractivity contribution in [2.75, 3.05) is 17.6 Å². The molecule has 1 aliphatic rings. The first-order valence-corrected chi connectivity index (χ1v) is 11.1. The monoisotopic (exact) mass is 432 g/mol. The predicted molar refractivity (Wildman–Crippen MR) is 114 cm³/mol. The zero-order valence-corrected chi connectivity index (χ0v) is 18.6. The molecule has 9 heteroatoms. The summed E-state index contributed by atoms with van der Waals surface area (Å²) in [6, 6.07) is 7.42. The minimum absolute atomic E-state index is 0.142. The summed E-state index contributed by atoms with van der Waals surface area (Å²) < 4.78 is 11.2. The SMILES string of the molecule is CCc1ccccc1NC(=O)CSc1nnc([C@H]2CCCN2C(=O)OC(C)(C)C)o1. The molecule has 0 aliphatic carbocycles. The number of hydrogen-bond donors (Lipinski definition) is 1. The molecular formula is C21H28N4O4S. The van der Waals surface area contributed by atoms with E-state index < -0.39 is 5.60 Å². The number of likely N-dealkylation sites (tertiary alicyclic amines) is 1. The highest BCUT2D eigenvalue weighted by Gasteiger charge is 2.36. The third-order valence-electron chi connectivity index (χ3n) is 4.59. The summed E-state index contributed by atoms with van der Waals surface area (Å²) >= 11 is 1.17. The maximum absolute atomic E-state index is 12.4. The van der Waals surface area contributed by atoms with Crippen molar-refractivity contribution in [3.8, 4) is 0 Å². The third kappa shape index (κ3) is 5.75. The molecule has 1 N–H and O–H groups in total. The quantitative estimate of drug-likeness (QED) is 0.674.